The first-order chi connectivity index (χ1) is 14.0. The van der Waals surface area contributed by atoms with E-state index in [4.69, 9.17) is 4.74 Å². The summed E-state index contributed by atoms with van der Waals surface area (Å²) in [6.45, 7) is -0.0406. The van der Waals surface area contributed by atoms with Crippen LogP contribution >= 0.6 is 0 Å². The Morgan fingerprint density at radius 2 is 2.00 bits per heavy atom. The Balaban J connectivity index is 1.45. The summed E-state index contributed by atoms with van der Waals surface area (Å²) in [5, 5.41) is 11.4. The highest BCUT2D eigenvalue weighted by Gasteiger charge is 2.28. The highest BCUT2D eigenvalue weighted by molar-refractivity contribution is 5.77. The molecule has 29 heavy (non-hydrogen) atoms. The van der Waals surface area contributed by atoms with Crippen LogP contribution < -0.4 is 5.56 Å². The molecule has 3 aromatic rings. The van der Waals surface area contributed by atoms with Crippen LogP contribution in [0.25, 0.3) is 10.9 Å². The van der Waals surface area contributed by atoms with Gasteiger partial charge in [-0.2, -0.15) is 0 Å². The van der Waals surface area contributed by atoms with Gasteiger partial charge in [-0.25, -0.2) is 4.98 Å². The predicted octanol–water partition coefficient (Wildman–Crippen LogP) is 3.32. The van der Waals surface area contributed by atoms with Crippen LogP contribution in [0.2, 0.25) is 0 Å². The molecular weight excluding hydrogens is 374 g/mol. The van der Waals surface area contributed by atoms with Crippen molar-refractivity contribution in [2.45, 2.75) is 38.3 Å². The number of rotatable bonds is 7. The van der Waals surface area contributed by atoms with Crippen molar-refractivity contribution in [1.29, 1.82) is 0 Å². The van der Waals surface area contributed by atoms with Gasteiger partial charge in [-0.05, 0) is 30.5 Å². The number of nitro benzene ring substituents is 1. The fraction of sp³-hybridized carbons (Fsp3) is 0.286. The molecule has 1 aromatic heterocycles. The van der Waals surface area contributed by atoms with Crippen molar-refractivity contribution >= 4 is 22.6 Å². The number of nitrogens with zero attached hydrogens (tertiary/aromatic N) is 3. The van der Waals surface area contributed by atoms with E-state index in [0.717, 1.165) is 12.8 Å². The monoisotopic (exact) mass is 393 g/mol. The van der Waals surface area contributed by atoms with E-state index in [1.54, 1.807) is 28.8 Å². The van der Waals surface area contributed by atoms with Crippen LogP contribution in [0.1, 0.15) is 36.7 Å². The molecule has 0 atom stereocenters. The Bertz CT molecular complexity index is 1150. The summed E-state index contributed by atoms with van der Waals surface area (Å²) in [6.07, 6.45) is 2.24. The van der Waals surface area contributed by atoms with Crippen LogP contribution in [0.4, 0.5) is 5.69 Å². The summed E-state index contributed by atoms with van der Waals surface area (Å²) in [7, 11) is 0. The Kier molecular flexibility index (Phi) is 5.07. The molecule has 0 bridgehead atoms. The van der Waals surface area contributed by atoms with E-state index >= 15 is 0 Å². The Morgan fingerprint density at radius 3 is 2.76 bits per heavy atom. The highest BCUT2D eigenvalue weighted by Crippen LogP contribution is 2.34. The standard InChI is InChI=1S/C21H19N3O5/c25-20(29-13-14-4-3-5-16(12-14)24(27)28)11-10-19-22-18-7-2-1-6-17(18)21(26)23(19)15-8-9-15/h1-7,12,15H,8-11,13H2. The van der Waals surface area contributed by atoms with Crippen molar-refractivity contribution in [2.24, 2.45) is 0 Å². The molecule has 148 valence electrons. The number of carbonyl (C=O) groups excluding carboxylic acids is 1. The largest absolute Gasteiger partial charge is 0.461 e. The molecule has 0 N–H and O–H groups in total. The van der Waals surface area contributed by atoms with E-state index in [1.165, 1.54) is 12.1 Å². The molecule has 0 amide bonds. The molecule has 4 rings (SSSR count). The average molecular weight is 393 g/mol. The molecule has 0 aliphatic heterocycles. The molecule has 1 saturated carbocycles. The third-order valence-electron chi connectivity index (χ3n) is 4.87. The molecular formula is C21H19N3O5. The van der Waals surface area contributed by atoms with E-state index in [-0.39, 0.29) is 30.3 Å². The second-order valence-electron chi connectivity index (χ2n) is 7.04. The maximum Gasteiger partial charge on any atom is 0.306 e. The number of benzene rings is 2. The van der Waals surface area contributed by atoms with Crippen molar-refractivity contribution in [3.63, 3.8) is 0 Å². The number of para-hydroxylation sites is 1. The molecule has 1 heterocycles. The molecule has 1 aliphatic rings. The molecule has 1 aliphatic carbocycles. The second-order valence-corrected chi connectivity index (χ2v) is 7.04. The van der Waals surface area contributed by atoms with Crippen LogP contribution in [0.3, 0.4) is 0 Å². The first kappa shape index (κ1) is 18.8. The molecule has 0 saturated heterocycles. The van der Waals surface area contributed by atoms with E-state index in [2.05, 4.69) is 4.98 Å². The van der Waals surface area contributed by atoms with Crippen LogP contribution in [0.5, 0.6) is 0 Å². The maximum atomic E-state index is 12.8. The van der Waals surface area contributed by atoms with Crippen LogP contribution in [0.15, 0.2) is 53.3 Å². The van der Waals surface area contributed by atoms with Crippen molar-refractivity contribution < 1.29 is 14.5 Å². The fourth-order valence-electron chi connectivity index (χ4n) is 3.29. The lowest BCUT2D eigenvalue weighted by Crippen LogP contribution is -2.25. The van der Waals surface area contributed by atoms with Gasteiger partial charge < -0.3 is 4.74 Å². The first-order valence-electron chi connectivity index (χ1n) is 9.42. The number of carbonyl (C=O) groups is 1. The molecule has 1 fully saturated rings. The summed E-state index contributed by atoms with van der Waals surface area (Å²) in [5.74, 6) is 0.143. The first-order valence-corrected chi connectivity index (χ1v) is 9.42. The fourth-order valence-corrected chi connectivity index (χ4v) is 3.29. The van der Waals surface area contributed by atoms with E-state index in [0.29, 0.717) is 28.7 Å². The van der Waals surface area contributed by atoms with Crippen molar-refractivity contribution in [3.8, 4) is 0 Å². The minimum absolute atomic E-state index is 0.0406. The van der Waals surface area contributed by atoms with E-state index < -0.39 is 10.9 Å². The SMILES string of the molecule is O=C(CCc1nc2ccccc2c(=O)n1C1CC1)OCc1cccc([N+](=O)[O-])c1. The smallest absolute Gasteiger partial charge is 0.306 e. The number of aryl methyl sites for hydroxylation is 1. The third-order valence-corrected chi connectivity index (χ3v) is 4.87. The molecule has 0 radical (unpaired) electrons. The zero-order valence-electron chi connectivity index (χ0n) is 15.6. The van der Waals surface area contributed by atoms with Gasteiger partial charge in [0, 0.05) is 24.6 Å². The van der Waals surface area contributed by atoms with Gasteiger partial charge in [0.2, 0.25) is 0 Å². The zero-order chi connectivity index (χ0) is 20.4. The van der Waals surface area contributed by atoms with Gasteiger partial charge in [-0.3, -0.25) is 24.3 Å². The minimum atomic E-state index is -0.492. The van der Waals surface area contributed by atoms with Crippen molar-refractivity contribution in [2.75, 3.05) is 0 Å². The summed E-state index contributed by atoms with van der Waals surface area (Å²) < 4.78 is 6.95. The maximum absolute atomic E-state index is 12.8. The van der Waals surface area contributed by atoms with Gasteiger partial charge >= 0.3 is 5.97 Å². The number of hydrogen-bond acceptors (Lipinski definition) is 6. The summed E-state index contributed by atoms with van der Waals surface area (Å²) in [5.41, 5.74) is 1.05. The van der Waals surface area contributed by atoms with E-state index in [1.807, 2.05) is 12.1 Å². The van der Waals surface area contributed by atoms with Gasteiger partial charge in [-0.1, -0.05) is 24.3 Å². The number of nitro groups is 1. The Hall–Kier alpha value is -3.55. The Morgan fingerprint density at radius 1 is 1.21 bits per heavy atom. The normalized spacial score (nSPS) is 13.4. The zero-order valence-corrected chi connectivity index (χ0v) is 15.6. The number of esters is 1. The van der Waals surface area contributed by atoms with Gasteiger partial charge in [0.25, 0.3) is 11.2 Å². The predicted molar refractivity (Wildman–Crippen MR) is 105 cm³/mol. The molecule has 8 heteroatoms. The van der Waals surface area contributed by atoms with Gasteiger partial charge in [0.05, 0.1) is 22.2 Å². The average Bonchev–Trinajstić information content (AvgIpc) is 3.56. The molecule has 8 nitrogen and oxygen atoms in total. The number of non-ortho nitro benzene ring substituents is 1. The summed E-state index contributed by atoms with van der Waals surface area (Å²) in [4.78, 5) is 39.9. The van der Waals surface area contributed by atoms with E-state index in [9.17, 15) is 19.7 Å². The van der Waals surface area contributed by atoms with Crippen molar-refractivity contribution in [1.82, 2.24) is 9.55 Å². The lowest BCUT2D eigenvalue weighted by atomic mass is 10.2. The van der Waals surface area contributed by atoms with Gasteiger partial charge in [0.15, 0.2) is 0 Å². The third kappa shape index (κ3) is 4.16. The van der Waals surface area contributed by atoms with Gasteiger partial charge in [-0.15, -0.1) is 0 Å². The quantitative estimate of drug-likeness (QED) is 0.346. The second kappa shape index (κ2) is 7.83. The molecule has 2 aromatic carbocycles. The number of fused-ring (bicyclic) bond motifs is 1. The lowest BCUT2D eigenvalue weighted by molar-refractivity contribution is -0.384. The van der Waals surface area contributed by atoms with Crippen LogP contribution in [0, 0.1) is 10.1 Å². The topological polar surface area (TPSA) is 104 Å². The molecule has 0 spiro atoms. The number of ether oxygens (including phenoxy) is 1. The molecule has 0 unspecified atom stereocenters. The van der Waals surface area contributed by atoms with Crippen LogP contribution in [-0.2, 0) is 22.6 Å². The number of aromatic nitrogens is 2. The minimum Gasteiger partial charge on any atom is -0.461 e. The van der Waals surface area contributed by atoms with Crippen molar-refractivity contribution in [3.05, 3.63) is 80.4 Å². The summed E-state index contributed by atoms with van der Waals surface area (Å²) >= 11 is 0. The highest BCUT2D eigenvalue weighted by atomic mass is 16.6. The van der Waals surface area contributed by atoms with Gasteiger partial charge in [0.1, 0.15) is 12.4 Å². The number of hydrogen-bond donors (Lipinski definition) is 0. The Labute approximate surface area is 165 Å². The lowest BCUT2D eigenvalue weighted by Gasteiger charge is -2.12. The summed E-state index contributed by atoms with van der Waals surface area (Å²) in [6, 6.07) is 13.3. The van der Waals surface area contributed by atoms with Crippen LogP contribution in [-0.4, -0.2) is 20.4 Å².